The van der Waals surface area contributed by atoms with Gasteiger partial charge in [0.05, 0.1) is 5.52 Å². The summed E-state index contributed by atoms with van der Waals surface area (Å²) in [7, 11) is 0. The van der Waals surface area contributed by atoms with E-state index in [9.17, 15) is 0 Å². The predicted molar refractivity (Wildman–Crippen MR) is 83.8 cm³/mol. The van der Waals surface area contributed by atoms with E-state index in [4.69, 9.17) is 0 Å². The summed E-state index contributed by atoms with van der Waals surface area (Å²) in [5.41, 5.74) is 3.54. The molecule has 0 saturated heterocycles. The Balaban J connectivity index is 1.53. The van der Waals surface area contributed by atoms with Crippen molar-refractivity contribution in [3.8, 4) is 0 Å². The zero-order valence-corrected chi connectivity index (χ0v) is 12.2. The maximum Gasteiger partial charge on any atom is 0.0708 e. The molecule has 3 rings (SSSR count). The second-order valence-corrected chi connectivity index (χ2v) is 5.70. The van der Waals surface area contributed by atoms with Gasteiger partial charge in [0.15, 0.2) is 0 Å². The van der Waals surface area contributed by atoms with E-state index in [0.29, 0.717) is 0 Å². The van der Waals surface area contributed by atoms with E-state index in [1.807, 2.05) is 0 Å². The number of aryl methyl sites for hydroxylation is 1. The smallest absolute Gasteiger partial charge is 0.0708 e. The first-order valence-electron chi connectivity index (χ1n) is 7.62. The minimum absolute atomic E-state index is 0.821. The zero-order valence-electron chi connectivity index (χ0n) is 12.2. The lowest BCUT2D eigenvalue weighted by atomic mass is 10.1. The van der Waals surface area contributed by atoms with E-state index in [1.165, 1.54) is 30.2 Å². The van der Waals surface area contributed by atoms with Crippen molar-refractivity contribution in [3.63, 3.8) is 0 Å². The number of para-hydroxylation sites is 1. The third-order valence-electron chi connectivity index (χ3n) is 3.79. The SMILES string of the molecule is Cc1cc(CNCCCNC2CC2)c2ccccc2n1. The second-order valence-electron chi connectivity index (χ2n) is 5.70. The molecule has 1 heterocycles. The third-order valence-corrected chi connectivity index (χ3v) is 3.79. The Morgan fingerprint density at radius 3 is 2.90 bits per heavy atom. The molecule has 3 nitrogen and oxygen atoms in total. The van der Waals surface area contributed by atoms with Crippen molar-refractivity contribution < 1.29 is 0 Å². The lowest BCUT2D eigenvalue weighted by molar-refractivity contribution is 0.594. The number of nitrogens with one attached hydrogen (secondary N) is 2. The monoisotopic (exact) mass is 269 g/mol. The summed E-state index contributed by atoms with van der Waals surface area (Å²) in [6, 6.07) is 11.4. The Morgan fingerprint density at radius 2 is 2.05 bits per heavy atom. The molecule has 0 radical (unpaired) electrons. The average Bonchev–Trinajstić information content (AvgIpc) is 3.26. The van der Waals surface area contributed by atoms with Crippen molar-refractivity contribution in [1.82, 2.24) is 15.6 Å². The normalized spacial score (nSPS) is 14.8. The highest BCUT2D eigenvalue weighted by Gasteiger charge is 2.19. The van der Waals surface area contributed by atoms with Crippen LogP contribution in [0.2, 0.25) is 0 Å². The largest absolute Gasteiger partial charge is 0.314 e. The van der Waals surface area contributed by atoms with E-state index < -0.39 is 0 Å². The van der Waals surface area contributed by atoms with Gasteiger partial charge in [0, 0.05) is 23.7 Å². The van der Waals surface area contributed by atoms with Crippen molar-refractivity contribution >= 4 is 10.9 Å². The van der Waals surface area contributed by atoms with E-state index in [2.05, 4.69) is 52.9 Å². The van der Waals surface area contributed by atoms with Gasteiger partial charge in [0.25, 0.3) is 0 Å². The Hall–Kier alpha value is -1.45. The van der Waals surface area contributed by atoms with Crippen LogP contribution in [-0.2, 0) is 6.54 Å². The van der Waals surface area contributed by atoms with Gasteiger partial charge in [-0.1, -0.05) is 18.2 Å². The molecular weight excluding hydrogens is 246 g/mol. The molecule has 106 valence electrons. The van der Waals surface area contributed by atoms with Gasteiger partial charge in [-0.3, -0.25) is 4.98 Å². The molecule has 0 unspecified atom stereocenters. The van der Waals surface area contributed by atoms with Gasteiger partial charge < -0.3 is 10.6 Å². The fraction of sp³-hybridized carbons (Fsp3) is 0.471. The van der Waals surface area contributed by atoms with Gasteiger partial charge in [0.2, 0.25) is 0 Å². The molecule has 1 aromatic heterocycles. The van der Waals surface area contributed by atoms with Crippen LogP contribution in [-0.4, -0.2) is 24.1 Å². The maximum atomic E-state index is 4.58. The summed E-state index contributed by atoms with van der Waals surface area (Å²) < 4.78 is 0. The molecule has 1 saturated carbocycles. The van der Waals surface area contributed by atoms with Crippen LogP contribution in [0.3, 0.4) is 0 Å². The molecule has 1 aliphatic carbocycles. The molecule has 2 aromatic rings. The molecular formula is C17H23N3. The number of fused-ring (bicyclic) bond motifs is 1. The van der Waals surface area contributed by atoms with Gasteiger partial charge in [0.1, 0.15) is 0 Å². The van der Waals surface area contributed by atoms with Crippen molar-refractivity contribution in [2.45, 2.75) is 38.8 Å². The predicted octanol–water partition coefficient (Wildman–Crippen LogP) is 2.77. The number of rotatable bonds is 7. The van der Waals surface area contributed by atoms with Crippen LogP contribution in [0, 0.1) is 6.92 Å². The van der Waals surface area contributed by atoms with Gasteiger partial charge in [-0.2, -0.15) is 0 Å². The maximum absolute atomic E-state index is 4.58. The molecule has 1 fully saturated rings. The average molecular weight is 269 g/mol. The Labute approximate surface area is 120 Å². The topological polar surface area (TPSA) is 37.0 Å². The number of benzene rings is 1. The van der Waals surface area contributed by atoms with E-state index >= 15 is 0 Å². The number of hydrogen-bond acceptors (Lipinski definition) is 3. The second kappa shape index (κ2) is 6.33. The summed E-state index contributed by atoms with van der Waals surface area (Å²) in [5, 5.41) is 8.36. The summed E-state index contributed by atoms with van der Waals surface area (Å²) in [5.74, 6) is 0. The summed E-state index contributed by atoms with van der Waals surface area (Å²) in [6.07, 6.45) is 3.93. The molecule has 2 N–H and O–H groups in total. The van der Waals surface area contributed by atoms with E-state index in [0.717, 1.165) is 36.9 Å². The number of aromatic nitrogens is 1. The minimum Gasteiger partial charge on any atom is -0.314 e. The number of nitrogens with zero attached hydrogens (tertiary/aromatic N) is 1. The molecule has 0 atom stereocenters. The highest BCUT2D eigenvalue weighted by Crippen LogP contribution is 2.18. The highest BCUT2D eigenvalue weighted by atomic mass is 14.9. The standard InChI is InChI=1S/C17H23N3/c1-13-11-14(16-5-2-3-6-17(16)20-13)12-18-9-4-10-19-15-7-8-15/h2-3,5-6,11,15,18-19H,4,7-10,12H2,1H3. The van der Waals surface area contributed by atoms with Crippen molar-refractivity contribution in [2.24, 2.45) is 0 Å². The van der Waals surface area contributed by atoms with Crippen molar-refractivity contribution in [1.29, 1.82) is 0 Å². The van der Waals surface area contributed by atoms with Crippen LogP contribution in [0.15, 0.2) is 30.3 Å². The van der Waals surface area contributed by atoms with E-state index in [1.54, 1.807) is 0 Å². The van der Waals surface area contributed by atoms with Crippen LogP contribution in [0.25, 0.3) is 10.9 Å². The molecule has 0 spiro atoms. The third kappa shape index (κ3) is 3.56. The molecule has 20 heavy (non-hydrogen) atoms. The zero-order chi connectivity index (χ0) is 13.8. The van der Waals surface area contributed by atoms with Gasteiger partial charge in [-0.05, 0) is 57.0 Å². The molecule has 3 heteroatoms. The molecule has 1 aromatic carbocycles. The summed E-state index contributed by atoms with van der Waals surface area (Å²) >= 11 is 0. The fourth-order valence-electron chi connectivity index (χ4n) is 2.57. The first-order valence-corrected chi connectivity index (χ1v) is 7.62. The summed E-state index contributed by atoms with van der Waals surface area (Å²) in [4.78, 5) is 4.58. The molecule has 0 amide bonds. The van der Waals surface area contributed by atoms with Crippen molar-refractivity contribution in [2.75, 3.05) is 13.1 Å². The lowest BCUT2D eigenvalue weighted by Crippen LogP contribution is -2.23. The van der Waals surface area contributed by atoms with Gasteiger partial charge in [-0.15, -0.1) is 0 Å². The molecule has 0 bridgehead atoms. The van der Waals surface area contributed by atoms with Crippen LogP contribution in [0.5, 0.6) is 0 Å². The van der Waals surface area contributed by atoms with Crippen LogP contribution < -0.4 is 10.6 Å². The molecule has 0 aliphatic heterocycles. The Morgan fingerprint density at radius 1 is 1.20 bits per heavy atom. The van der Waals surface area contributed by atoms with Gasteiger partial charge in [-0.25, -0.2) is 0 Å². The first-order chi connectivity index (χ1) is 9.83. The van der Waals surface area contributed by atoms with E-state index in [-0.39, 0.29) is 0 Å². The van der Waals surface area contributed by atoms with Crippen molar-refractivity contribution in [3.05, 3.63) is 41.6 Å². The number of pyridine rings is 1. The lowest BCUT2D eigenvalue weighted by Gasteiger charge is -2.09. The summed E-state index contributed by atoms with van der Waals surface area (Å²) in [6.45, 7) is 5.19. The minimum atomic E-state index is 0.821. The Bertz CT molecular complexity index is 575. The molecule has 1 aliphatic rings. The quantitative estimate of drug-likeness (QED) is 0.759. The number of hydrogen-bond donors (Lipinski definition) is 2. The van der Waals surface area contributed by atoms with Crippen LogP contribution in [0.4, 0.5) is 0 Å². The fourth-order valence-corrected chi connectivity index (χ4v) is 2.57. The van der Waals surface area contributed by atoms with Crippen LogP contribution >= 0.6 is 0 Å². The Kier molecular flexibility index (Phi) is 4.28. The van der Waals surface area contributed by atoms with Crippen LogP contribution in [0.1, 0.15) is 30.5 Å². The highest BCUT2D eigenvalue weighted by molar-refractivity contribution is 5.82. The first kappa shape index (κ1) is 13.5. The van der Waals surface area contributed by atoms with Gasteiger partial charge >= 0.3 is 0 Å².